The van der Waals surface area contributed by atoms with E-state index < -0.39 is 30.5 Å². The Balaban J connectivity index is 2.69. The fourth-order valence-corrected chi connectivity index (χ4v) is 1.26. The van der Waals surface area contributed by atoms with Crippen molar-refractivity contribution in [3.63, 3.8) is 0 Å². The molecule has 1 aliphatic rings. The van der Waals surface area contributed by atoms with Crippen LogP contribution in [0.15, 0.2) is 0 Å². The van der Waals surface area contributed by atoms with Gasteiger partial charge in [0.1, 0.15) is 6.10 Å². The Morgan fingerprint density at radius 3 is 2.38 bits per heavy atom. The molecule has 4 atom stereocenters. The maximum absolute atomic E-state index is 9.37. The molecule has 0 aromatic rings. The summed E-state index contributed by atoms with van der Waals surface area (Å²) in [5.41, 5.74) is 0. The van der Waals surface area contributed by atoms with Crippen molar-refractivity contribution >= 4 is 0 Å². The van der Waals surface area contributed by atoms with E-state index in [1.165, 1.54) is 0 Å². The monoisotopic (exact) mass is 194 g/mol. The Bertz CT molecular complexity index is 174. The molecule has 6 heteroatoms. The maximum Gasteiger partial charge on any atom is 0.218 e. The first-order valence-corrected chi connectivity index (χ1v) is 3.99. The highest BCUT2D eigenvalue weighted by atomic mass is 16.7. The van der Waals surface area contributed by atoms with Crippen LogP contribution in [0.2, 0.25) is 0 Å². The number of aliphatic hydroxyl groups is 5. The summed E-state index contributed by atoms with van der Waals surface area (Å²) in [6.07, 6.45) is -2.90. The summed E-state index contributed by atoms with van der Waals surface area (Å²) in [5.74, 6) is -2.76. The minimum absolute atomic E-state index is 0.105. The lowest BCUT2D eigenvalue weighted by Crippen LogP contribution is -2.61. The van der Waals surface area contributed by atoms with Gasteiger partial charge in [-0.25, -0.2) is 0 Å². The molecule has 0 amide bonds. The molecule has 1 fully saturated rings. The molecule has 1 aliphatic heterocycles. The molecule has 0 saturated carbocycles. The fraction of sp³-hybridized carbons (Fsp3) is 1.00. The van der Waals surface area contributed by atoms with Crippen LogP contribution in [0.25, 0.3) is 0 Å². The van der Waals surface area contributed by atoms with Crippen LogP contribution >= 0.6 is 0 Å². The molecular formula is C7H14O6. The molecule has 0 aliphatic carbocycles. The topological polar surface area (TPSA) is 110 Å². The van der Waals surface area contributed by atoms with Gasteiger partial charge in [-0.3, -0.25) is 0 Å². The summed E-state index contributed by atoms with van der Waals surface area (Å²) >= 11 is 0. The Morgan fingerprint density at radius 2 is 1.92 bits per heavy atom. The Morgan fingerprint density at radius 1 is 1.31 bits per heavy atom. The molecule has 13 heavy (non-hydrogen) atoms. The predicted octanol–water partition coefficient (Wildman–Crippen LogP) is -2.97. The SMILES string of the molecule is OC[C@H]1CO[C@](O)(CO)[C@@H](O)[C@@H]1O. The molecule has 0 radical (unpaired) electrons. The summed E-state index contributed by atoms with van der Waals surface area (Å²) < 4.78 is 4.74. The third-order valence-electron chi connectivity index (χ3n) is 2.28. The zero-order chi connectivity index (χ0) is 10.1. The maximum atomic E-state index is 9.37. The van der Waals surface area contributed by atoms with Crippen molar-refractivity contribution in [1.82, 2.24) is 0 Å². The van der Waals surface area contributed by atoms with Crippen molar-refractivity contribution < 1.29 is 30.3 Å². The number of hydrogen-bond acceptors (Lipinski definition) is 6. The van der Waals surface area contributed by atoms with Gasteiger partial charge in [-0.15, -0.1) is 0 Å². The molecule has 5 N–H and O–H groups in total. The normalized spacial score (nSPS) is 46.4. The van der Waals surface area contributed by atoms with Crippen LogP contribution in [-0.2, 0) is 4.74 Å². The van der Waals surface area contributed by atoms with Crippen LogP contribution in [0.4, 0.5) is 0 Å². The van der Waals surface area contributed by atoms with Gasteiger partial charge in [0, 0.05) is 5.92 Å². The zero-order valence-corrected chi connectivity index (χ0v) is 7.00. The number of rotatable bonds is 2. The minimum atomic E-state index is -2.12. The van der Waals surface area contributed by atoms with Gasteiger partial charge in [-0.05, 0) is 0 Å². The first-order chi connectivity index (χ1) is 6.05. The van der Waals surface area contributed by atoms with Crippen molar-refractivity contribution in [2.75, 3.05) is 19.8 Å². The van der Waals surface area contributed by atoms with E-state index >= 15 is 0 Å². The van der Waals surface area contributed by atoms with Gasteiger partial charge in [-0.1, -0.05) is 0 Å². The van der Waals surface area contributed by atoms with E-state index in [2.05, 4.69) is 0 Å². The average Bonchev–Trinajstić information content (AvgIpc) is 2.15. The second kappa shape index (κ2) is 3.87. The first kappa shape index (κ1) is 10.8. The molecule has 1 saturated heterocycles. The van der Waals surface area contributed by atoms with Gasteiger partial charge < -0.3 is 30.3 Å². The second-order valence-electron chi connectivity index (χ2n) is 3.19. The molecular weight excluding hydrogens is 180 g/mol. The zero-order valence-electron chi connectivity index (χ0n) is 7.00. The molecule has 1 rings (SSSR count). The van der Waals surface area contributed by atoms with Crippen molar-refractivity contribution in [2.45, 2.75) is 18.0 Å². The highest BCUT2D eigenvalue weighted by molar-refractivity contribution is 4.90. The summed E-state index contributed by atoms with van der Waals surface area (Å²) in [7, 11) is 0. The van der Waals surface area contributed by atoms with Gasteiger partial charge >= 0.3 is 0 Å². The average molecular weight is 194 g/mol. The lowest BCUT2D eigenvalue weighted by atomic mass is 9.91. The van der Waals surface area contributed by atoms with Crippen molar-refractivity contribution in [1.29, 1.82) is 0 Å². The molecule has 1 heterocycles. The summed E-state index contributed by atoms with van der Waals surface area (Å²) in [4.78, 5) is 0. The van der Waals surface area contributed by atoms with E-state index in [1.54, 1.807) is 0 Å². The molecule has 0 bridgehead atoms. The fourth-order valence-electron chi connectivity index (χ4n) is 1.26. The van der Waals surface area contributed by atoms with E-state index in [-0.39, 0.29) is 13.2 Å². The van der Waals surface area contributed by atoms with Gasteiger partial charge in [0.2, 0.25) is 5.79 Å². The van der Waals surface area contributed by atoms with Crippen molar-refractivity contribution in [2.24, 2.45) is 5.92 Å². The van der Waals surface area contributed by atoms with E-state index in [1.807, 2.05) is 0 Å². The van der Waals surface area contributed by atoms with Crippen LogP contribution in [0.1, 0.15) is 0 Å². The summed E-state index contributed by atoms with van der Waals surface area (Å²) in [6, 6.07) is 0. The Kier molecular flexibility index (Phi) is 3.23. The third-order valence-corrected chi connectivity index (χ3v) is 2.28. The largest absolute Gasteiger partial charge is 0.396 e. The highest BCUT2D eigenvalue weighted by Gasteiger charge is 2.48. The molecule has 0 spiro atoms. The van der Waals surface area contributed by atoms with E-state index in [0.717, 1.165) is 0 Å². The van der Waals surface area contributed by atoms with Crippen LogP contribution in [0, 0.1) is 5.92 Å². The molecule has 0 aromatic carbocycles. The van der Waals surface area contributed by atoms with Crippen LogP contribution in [0.3, 0.4) is 0 Å². The van der Waals surface area contributed by atoms with Gasteiger partial charge in [0.05, 0.1) is 25.9 Å². The number of aliphatic hydroxyl groups excluding tert-OH is 4. The summed E-state index contributed by atoms with van der Waals surface area (Å²) in [5, 5.41) is 45.4. The third kappa shape index (κ3) is 1.83. The molecule has 0 aromatic heterocycles. The van der Waals surface area contributed by atoms with E-state index in [9.17, 15) is 15.3 Å². The van der Waals surface area contributed by atoms with Gasteiger partial charge in [0.15, 0.2) is 0 Å². The molecule has 0 unspecified atom stereocenters. The quantitative estimate of drug-likeness (QED) is 0.321. The van der Waals surface area contributed by atoms with E-state index in [0.29, 0.717) is 0 Å². The van der Waals surface area contributed by atoms with Crippen molar-refractivity contribution in [3.8, 4) is 0 Å². The van der Waals surface area contributed by atoms with Gasteiger partial charge in [-0.2, -0.15) is 0 Å². The predicted molar refractivity (Wildman–Crippen MR) is 40.6 cm³/mol. The first-order valence-electron chi connectivity index (χ1n) is 3.99. The Hall–Kier alpha value is -0.240. The second-order valence-corrected chi connectivity index (χ2v) is 3.19. The summed E-state index contributed by atoms with van der Waals surface area (Å²) in [6.45, 7) is -1.26. The minimum Gasteiger partial charge on any atom is -0.396 e. The number of hydrogen-bond donors (Lipinski definition) is 5. The van der Waals surface area contributed by atoms with Crippen LogP contribution in [-0.4, -0.2) is 63.3 Å². The number of ether oxygens (including phenoxy) is 1. The lowest BCUT2D eigenvalue weighted by Gasteiger charge is -2.41. The molecule has 6 nitrogen and oxygen atoms in total. The van der Waals surface area contributed by atoms with Crippen LogP contribution in [0.5, 0.6) is 0 Å². The van der Waals surface area contributed by atoms with Gasteiger partial charge in [0.25, 0.3) is 0 Å². The standard InChI is InChI=1S/C7H14O6/c8-1-4-2-13-7(12,3-9)6(11)5(4)10/h4-6,8-12H,1-3H2/t4-,5+,6-,7+/m0/s1. The Labute approximate surface area is 75.0 Å². The smallest absolute Gasteiger partial charge is 0.218 e. The van der Waals surface area contributed by atoms with E-state index in [4.69, 9.17) is 14.9 Å². The lowest BCUT2D eigenvalue weighted by molar-refractivity contribution is -0.326. The van der Waals surface area contributed by atoms with Crippen molar-refractivity contribution in [3.05, 3.63) is 0 Å². The molecule has 78 valence electrons. The van der Waals surface area contributed by atoms with Crippen LogP contribution < -0.4 is 0 Å². The highest BCUT2D eigenvalue weighted by Crippen LogP contribution is 2.26.